The number of amides is 1. The van der Waals surface area contributed by atoms with Crippen molar-refractivity contribution in [1.29, 1.82) is 0 Å². The Morgan fingerprint density at radius 1 is 1.17 bits per heavy atom. The lowest BCUT2D eigenvalue weighted by atomic mass is 9.98. The highest BCUT2D eigenvalue weighted by Crippen LogP contribution is 2.29. The zero-order valence-electron chi connectivity index (χ0n) is 16.6. The van der Waals surface area contributed by atoms with E-state index >= 15 is 0 Å². The zero-order valence-corrected chi connectivity index (χ0v) is 17.4. The van der Waals surface area contributed by atoms with Crippen molar-refractivity contribution in [2.24, 2.45) is 0 Å². The van der Waals surface area contributed by atoms with Gasteiger partial charge in [0.1, 0.15) is 5.75 Å². The van der Waals surface area contributed by atoms with Gasteiger partial charge in [0.2, 0.25) is 10.0 Å². The van der Waals surface area contributed by atoms with Gasteiger partial charge < -0.3 is 14.4 Å². The molecule has 3 rings (SSSR count). The van der Waals surface area contributed by atoms with Crippen molar-refractivity contribution in [2.75, 3.05) is 40.5 Å². The van der Waals surface area contributed by atoms with Gasteiger partial charge in [0.25, 0.3) is 5.91 Å². The minimum atomic E-state index is -3.69. The average molecular weight is 419 g/mol. The van der Waals surface area contributed by atoms with Crippen LogP contribution in [0.5, 0.6) is 5.75 Å². The van der Waals surface area contributed by atoms with Crippen LogP contribution in [0.3, 0.4) is 0 Å². The molecule has 0 aliphatic carbocycles. The number of benzene rings is 2. The number of hydrogen-bond acceptors (Lipinski definition) is 5. The summed E-state index contributed by atoms with van der Waals surface area (Å²) < 4.78 is 37.3. The molecule has 0 aromatic heterocycles. The zero-order chi connectivity index (χ0) is 20.9. The van der Waals surface area contributed by atoms with Gasteiger partial charge in [-0.05, 0) is 42.3 Å². The monoisotopic (exact) mass is 418 g/mol. The molecule has 0 radical (unpaired) electrons. The van der Waals surface area contributed by atoms with E-state index in [0.717, 1.165) is 12.2 Å². The van der Waals surface area contributed by atoms with E-state index in [1.54, 1.807) is 24.1 Å². The van der Waals surface area contributed by atoms with Crippen LogP contribution in [-0.2, 0) is 14.8 Å². The highest BCUT2D eigenvalue weighted by molar-refractivity contribution is 7.89. The highest BCUT2D eigenvalue weighted by atomic mass is 32.2. The Morgan fingerprint density at radius 3 is 2.62 bits per heavy atom. The van der Waals surface area contributed by atoms with Gasteiger partial charge in [-0.15, -0.1) is 0 Å². The Kier molecular flexibility index (Phi) is 6.89. The number of sulfonamides is 1. The lowest BCUT2D eigenvalue weighted by molar-refractivity contribution is 0.0790. The maximum absolute atomic E-state index is 12.9. The Hall–Kier alpha value is -2.42. The van der Waals surface area contributed by atoms with Crippen molar-refractivity contribution in [1.82, 2.24) is 9.62 Å². The van der Waals surface area contributed by atoms with Crippen LogP contribution in [0.2, 0.25) is 0 Å². The van der Waals surface area contributed by atoms with Crippen molar-refractivity contribution in [3.63, 3.8) is 0 Å². The van der Waals surface area contributed by atoms with Crippen molar-refractivity contribution >= 4 is 15.9 Å². The Balaban J connectivity index is 1.69. The third-order valence-electron chi connectivity index (χ3n) is 5.05. The van der Waals surface area contributed by atoms with Crippen LogP contribution in [-0.4, -0.2) is 59.7 Å². The van der Waals surface area contributed by atoms with Crippen LogP contribution in [0.1, 0.15) is 28.3 Å². The second-order valence-corrected chi connectivity index (χ2v) is 8.70. The molecule has 1 saturated heterocycles. The van der Waals surface area contributed by atoms with Crippen LogP contribution >= 0.6 is 0 Å². The summed E-state index contributed by atoms with van der Waals surface area (Å²) in [5.74, 6) is 0.902. The summed E-state index contributed by atoms with van der Waals surface area (Å²) in [4.78, 5) is 14.8. The first-order chi connectivity index (χ1) is 13.9. The summed E-state index contributed by atoms with van der Waals surface area (Å²) in [6, 6.07) is 14.0. The molecular formula is C21H26N2O5S. The van der Waals surface area contributed by atoms with Crippen molar-refractivity contribution in [3.05, 3.63) is 59.7 Å². The molecule has 7 nitrogen and oxygen atoms in total. The number of carbonyl (C=O) groups is 1. The number of methoxy groups -OCH3 is 2. The lowest BCUT2D eigenvalue weighted by Gasteiger charge is -2.17. The first-order valence-electron chi connectivity index (χ1n) is 9.46. The van der Waals surface area contributed by atoms with E-state index in [2.05, 4.69) is 4.72 Å². The van der Waals surface area contributed by atoms with Gasteiger partial charge >= 0.3 is 0 Å². The molecule has 2 aromatic carbocycles. The molecule has 2 aromatic rings. The largest absolute Gasteiger partial charge is 0.497 e. The molecule has 8 heteroatoms. The molecule has 1 N–H and O–H groups in total. The average Bonchev–Trinajstić information content (AvgIpc) is 3.24. The standard InChI is InChI=1S/C21H26N2O5S/c1-27-13-11-22-29(25,26)20-5-3-4-17(14-20)21(24)23-12-10-18(15-23)16-6-8-19(28-2)9-7-16/h3-9,14,18,22H,10-13,15H2,1-2H3. The first-order valence-corrected chi connectivity index (χ1v) is 10.9. The van der Waals surface area contributed by atoms with Gasteiger partial charge in [-0.25, -0.2) is 13.1 Å². The fraction of sp³-hybridized carbons (Fsp3) is 0.381. The van der Waals surface area contributed by atoms with Crippen LogP contribution in [0.25, 0.3) is 0 Å². The second-order valence-electron chi connectivity index (χ2n) is 6.93. The predicted molar refractivity (Wildman–Crippen MR) is 110 cm³/mol. The number of hydrogen-bond donors (Lipinski definition) is 1. The van der Waals surface area contributed by atoms with E-state index in [1.165, 1.54) is 24.8 Å². The van der Waals surface area contributed by atoms with Crippen LogP contribution in [0.15, 0.2) is 53.4 Å². The highest BCUT2D eigenvalue weighted by Gasteiger charge is 2.28. The van der Waals surface area contributed by atoms with E-state index in [-0.39, 0.29) is 29.9 Å². The Labute approximate surface area is 171 Å². The second kappa shape index (κ2) is 9.39. The van der Waals surface area contributed by atoms with Gasteiger partial charge in [0.15, 0.2) is 0 Å². The minimum absolute atomic E-state index is 0.0744. The van der Waals surface area contributed by atoms with Gasteiger partial charge in [0.05, 0.1) is 18.6 Å². The molecule has 0 saturated carbocycles. The summed E-state index contributed by atoms with van der Waals surface area (Å²) >= 11 is 0. The normalized spacial score (nSPS) is 16.8. The van der Waals surface area contributed by atoms with Gasteiger partial charge in [-0.3, -0.25) is 4.79 Å². The molecule has 1 amide bonds. The van der Waals surface area contributed by atoms with Crippen LogP contribution < -0.4 is 9.46 Å². The summed E-state index contributed by atoms with van der Waals surface area (Å²) in [5, 5.41) is 0. The van der Waals surface area contributed by atoms with E-state index in [1.807, 2.05) is 24.3 Å². The van der Waals surface area contributed by atoms with Gasteiger partial charge in [-0.1, -0.05) is 18.2 Å². The molecular weight excluding hydrogens is 392 g/mol. The lowest BCUT2D eigenvalue weighted by Crippen LogP contribution is -2.30. The number of likely N-dealkylation sites (tertiary alicyclic amines) is 1. The summed E-state index contributed by atoms with van der Waals surface area (Å²) in [5.41, 5.74) is 1.54. The first kappa shape index (κ1) is 21.3. The molecule has 0 spiro atoms. The summed E-state index contributed by atoms with van der Waals surface area (Å²) in [6.07, 6.45) is 0.870. The maximum Gasteiger partial charge on any atom is 0.253 e. The fourth-order valence-electron chi connectivity index (χ4n) is 3.43. The number of nitrogens with zero attached hydrogens (tertiary/aromatic N) is 1. The third kappa shape index (κ3) is 5.14. The van der Waals surface area contributed by atoms with E-state index < -0.39 is 10.0 Å². The molecule has 1 aliphatic heterocycles. The molecule has 1 aliphatic rings. The number of ether oxygens (including phenoxy) is 2. The predicted octanol–water partition coefficient (Wildman–Crippen LogP) is 2.25. The van der Waals surface area contributed by atoms with Crippen molar-refractivity contribution in [2.45, 2.75) is 17.2 Å². The number of rotatable bonds is 8. The topological polar surface area (TPSA) is 84.9 Å². The Morgan fingerprint density at radius 2 is 1.93 bits per heavy atom. The van der Waals surface area contributed by atoms with E-state index in [0.29, 0.717) is 18.7 Å². The molecule has 1 unspecified atom stereocenters. The van der Waals surface area contributed by atoms with Crippen molar-refractivity contribution in [3.8, 4) is 5.75 Å². The van der Waals surface area contributed by atoms with Crippen molar-refractivity contribution < 1.29 is 22.7 Å². The molecule has 29 heavy (non-hydrogen) atoms. The molecule has 0 bridgehead atoms. The van der Waals surface area contributed by atoms with Crippen LogP contribution in [0, 0.1) is 0 Å². The summed E-state index contributed by atoms with van der Waals surface area (Å²) in [6.45, 7) is 1.69. The molecule has 1 fully saturated rings. The molecule has 1 atom stereocenters. The fourth-order valence-corrected chi connectivity index (χ4v) is 4.49. The van der Waals surface area contributed by atoms with Crippen LogP contribution in [0.4, 0.5) is 0 Å². The SMILES string of the molecule is COCCNS(=O)(=O)c1cccc(C(=O)N2CCC(c3ccc(OC)cc3)C2)c1. The number of nitrogens with one attached hydrogen (secondary N) is 1. The number of carbonyl (C=O) groups excluding carboxylic acids is 1. The van der Waals surface area contributed by atoms with E-state index in [4.69, 9.17) is 9.47 Å². The van der Waals surface area contributed by atoms with Gasteiger partial charge in [-0.2, -0.15) is 0 Å². The molecule has 156 valence electrons. The van der Waals surface area contributed by atoms with E-state index in [9.17, 15) is 13.2 Å². The smallest absolute Gasteiger partial charge is 0.253 e. The minimum Gasteiger partial charge on any atom is -0.497 e. The molecule has 1 heterocycles. The van der Waals surface area contributed by atoms with Gasteiger partial charge in [0, 0.05) is 38.2 Å². The third-order valence-corrected chi connectivity index (χ3v) is 6.51. The maximum atomic E-state index is 12.9. The Bertz CT molecular complexity index is 944. The summed E-state index contributed by atoms with van der Waals surface area (Å²) in [7, 11) is -0.551. The quantitative estimate of drug-likeness (QED) is 0.665.